The van der Waals surface area contributed by atoms with Crippen molar-refractivity contribution in [2.45, 2.75) is 13.0 Å². The van der Waals surface area contributed by atoms with Crippen LogP contribution in [-0.2, 0) is 7.05 Å². The van der Waals surface area contributed by atoms with Crippen LogP contribution in [0, 0.1) is 12.7 Å². The SMILES string of the molecule is Cc1nn(C)cc1-c1cccc(F)c1-c1nc2cc(C(=O)N3CCN(C(CO)CO)CC3)ccn2c1Cl. The first-order chi connectivity index (χ1) is 17.8. The first-order valence-corrected chi connectivity index (χ1v) is 12.4. The number of carbonyl (C=O) groups excluding carboxylic acids is 1. The Balaban J connectivity index is 1.47. The fourth-order valence-electron chi connectivity index (χ4n) is 4.92. The van der Waals surface area contributed by atoms with Crippen molar-refractivity contribution in [3.05, 3.63) is 65.0 Å². The van der Waals surface area contributed by atoms with Gasteiger partial charge < -0.3 is 15.1 Å². The minimum atomic E-state index is -0.454. The van der Waals surface area contributed by atoms with Crippen molar-refractivity contribution >= 4 is 23.2 Å². The summed E-state index contributed by atoms with van der Waals surface area (Å²) >= 11 is 6.69. The summed E-state index contributed by atoms with van der Waals surface area (Å²) in [5.41, 5.74) is 3.62. The van der Waals surface area contributed by atoms with Crippen LogP contribution in [0.2, 0.25) is 5.15 Å². The van der Waals surface area contributed by atoms with Crippen LogP contribution in [0.3, 0.4) is 0 Å². The second-order valence-corrected chi connectivity index (χ2v) is 9.56. The van der Waals surface area contributed by atoms with Gasteiger partial charge in [0.15, 0.2) is 0 Å². The summed E-state index contributed by atoms with van der Waals surface area (Å²) < 4.78 is 18.5. The summed E-state index contributed by atoms with van der Waals surface area (Å²) in [5.74, 6) is -0.603. The molecule has 0 saturated carbocycles. The number of carbonyl (C=O) groups is 1. The molecule has 1 aliphatic rings. The maximum Gasteiger partial charge on any atom is 0.254 e. The molecular weight excluding hydrogens is 499 g/mol. The van der Waals surface area contributed by atoms with Crippen LogP contribution in [0.25, 0.3) is 28.0 Å². The van der Waals surface area contributed by atoms with Gasteiger partial charge in [0.25, 0.3) is 5.91 Å². The van der Waals surface area contributed by atoms with Crippen LogP contribution in [0.1, 0.15) is 16.1 Å². The maximum absolute atomic E-state index is 15.2. The lowest BCUT2D eigenvalue weighted by molar-refractivity contribution is 0.0318. The standard InChI is InChI=1S/C26H28ClFN6O3/c1-16-20(13-31(2)30-16)19-4-3-5-21(28)23(19)24-25(27)34-7-6-17(12-22(34)29-24)26(37)33-10-8-32(9-11-33)18(14-35)15-36/h3-7,12-13,18,35-36H,8-11,14-15H2,1-2H3. The number of nitrogens with zero attached hydrogens (tertiary/aromatic N) is 6. The molecule has 9 nitrogen and oxygen atoms in total. The molecule has 1 amide bonds. The number of pyridine rings is 1. The number of halogens is 2. The van der Waals surface area contributed by atoms with E-state index in [2.05, 4.69) is 10.1 Å². The molecule has 4 heterocycles. The van der Waals surface area contributed by atoms with Crippen molar-refractivity contribution in [3.63, 3.8) is 0 Å². The Bertz CT molecular complexity index is 1460. The Morgan fingerprint density at radius 2 is 1.86 bits per heavy atom. The molecule has 0 spiro atoms. The highest BCUT2D eigenvalue weighted by Gasteiger charge is 2.27. The number of aliphatic hydroxyl groups excluding tert-OH is 2. The molecule has 5 rings (SSSR count). The van der Waals surface area contributed by atoms with E-state index in [9.17, 15) is 15.0 Å². The van der Waals surface area contributed by atoms with Gasteiger partial charge in [-0.25, -0.2) is 9.37 Å². The van der Waals surface area contributed by atoms with Gasteiger partial charge in [-0.3, -0.25) is 18.8 Å². The van der Waals surface area contributed by atoms with E-state index >= 15 is 4.39 Å². The van der Waals surface area contributed by atoms with Gasteiger partial charge >= 0.3 is 0 Å². The fraction of sp³-hybridized carbons (Fsp3) is 0.346. The third-order valence-corrected chi connectivity index (χ3v) is 7.27. The van der Waals surface area contributed by atoms with Crippen LogP contribution >= 0.6 is 11.6 Å². The smallest absolute Gasteiger partial charge is 0.254 e. The van der Waals surface area contributed by atoms with Crippen molar-refractivity contribution in [3.8, 4) is 22.4 Å². The van der Waals surface area contributed by atoms with E-state index in [-0.39, 0.29) is 41.6 Å². The van der Waals surface area contributed by atoms with Gasteiger partial charge in [-0.2, -0.15) is 5.10 Å². The number of aryl methyl sites for hydroxylation is 2. The van der Waals surface area contributed by atoms with Gasteiger partial charge in [0.2, 0.25) is 0 Å². The van der Waals surface area contributed by atoms with Crippen LogP contribution in [0.15, 0.2) is 42.7 Å². The summed E-state index contributed by atoms with van der Waals surface area (Å²) in [4.78, 5) is 21.6. The topological polar surface area (TPSA) is 99.1 Å². The molecule has 0 bridgehead atoms. The molecule has 1 aliphatic heterocycles. The number of benzene rings is 1. The molecule has 0 atom stereocenters. The number of rotatable bonds is 6. The van der Waals surface area contributed by atoms with Crippen molar-refractivity contribution in [2.24, 2.45) is 7.05 Å². The molecule has 1 fully saturated rings. The predicted molar refractivity (Wildman–Crippen MR) is 138 cm³/mol. The number of hydrogen-bond acceptors (Lipinski definition) is 6. The van der Waals surface area contributed by atoms with Gasteiger partial charge in [0.1, 0.15) is 22.3 Å². The van der Waals surface area contributed by atoms with Crippen LogP contribution < -0.4 is 0 Å². The lowest BCUT2D eigenvalue weighted by Gasteiger charge is -2.38. The molecule has 0 radical (unpaired) electrons. The molecule has 4 aromatic rings. The number of imidazole rings is 1. The first kappa shape index (κ1) is 25.3. The highest BCUT2D eigenvalue weighted by molar-refractivity contribution is 6.32. The summed E-state index contributed by atoms with van der Waals surface area (Å²) in [6.45, 7) is 3.67. The third kappa shape index (κ3) is 4.61. The molecule has 1 aromatic carbocycles. The van der Waals surface area contributed by atoms with E-state index in [0.717, 1.165) is 11.3 Å². The zero-order valence-electron chi connectivity index (χ0n) is 20.6. The van der Waals surface area contributed by atoms with Gasteiger partial charge in [0, 0.05) is 62.3 Å². The average molecular weight is 527 g/mol. The molecule has 1 saturated heterocycles. The number of hydrogen-bond donors (Lipinski definition) is 2. The van der Waals surface area contributed by atoms with Crippen LogP contribution in [0.4, 0.5) is 4.39 Å². The predicted octanol–water partition coefficient (Wildman–Crippen LogP) is 2.61. The quantitative estimate of drug-likeness (QED) is 0.401. The number of fused-ring (bicyclic) bond motifs is 1. The first-order valence-electron chi connectivity index (χ1n) is 12.0. The number of aromatic nitrogens is 4. The Morgan fingerprint density at radius 3 is 2.51 bits per heavy atom. The molecular formula is C26H28ClFN6O3. The van der Waals surface area contributed by atoms with E-state index < -0.39 is 5.82 Å². The van der Waals surface area contributed by atoms with Gasteiger partial charge in [-0.05, 0) is 30.7 Å². The third-order valence-electron chi connectivity index (χ3n) is 6.91. The fourth-order valence-corrected chi connectivity index (χ4v) is 5.20. The molecule has 11 heteroatoms. The van der Waals surface area contributed by atoms with Gasteiger partial charge in [-0.1, -0.05) is 23.7 Å². The second kappa shape index (κ2) is 10.2. The molecule has 3 aromatic heterocycles. The lowest BCUT2D eigenvalue weighted by atomic mass is 9.98. The maximum atomic E-state index is 15.2. The van der Waals surface area contributed by atoms with E-state index in [1.54, 1.807) is 38.4 Å². The summed E-state index contributed by atoms with van der Waals surface area (Å²) in [5, 5.41) is 23.5. The Morgan fingerprint density at radius 1 is 1.14 bits per heavy atom. The monoisotopic (exact) mass is 526 g/mol. The van der Waals surface area contributed by atoms with Crippen molar-refractivity contribution < 1.29 is 19.4 Å². The van der Waals surface area contributed by atoms with Crippen LogP contribution in [0.5, 0.6) is 0 Å². The highest BCUT2D eigenvalue weighted by atomic mass is 35.5. The minimum Gasteiger partial charge on any atom is -0.395 e. The summed E-state index contributed by atoms with van der Waals surface area (Å²) in [7, 11) is 1.81. The van der Waals surface area contributed by atoms with Crippen molar-refractivity contribution in [1.82, 2.24) is 29.0 Å². The normalized spacial score (nSPS) is 14.7. The summed E-state index contributed by atoms with van der Waals surface area (Å²) in [6.07, 6.45) is 3.50. The van der Waals surface area contributed by atoms with E-state index in [0.29, 0.717) is 43.0 Å². The zero-order chi connectivity index (χ0) is 26.3. The van der Waals surface area contributed by atoms with Crippen LogP contribution in [-0.4, -0.2) is 90.5 Å². The molecule has 0 aliphatic carbocycles. The second-order valence-electron chi connectivity index (χ2n) is 9.21. The number of piperazine rings is 1. The van der Waals surface area contributed by atoms with Crippen molar-refractivity contribution in [2.75, 3.05) is 39.4 Å². The molecule has 2 N–H and O–H groups in total. The lowest BCUT2D eigenvalue weighted by Crippen LogP contribution is -2.53. The minimum absolute atomic E-state index is 0.131. The largest absolute Gasteiger partial charge is 0.395 e. The van der Waals surface area contributed by atoms with E-state index in [1.807, 2.05) is 31.1 Å². The van der Waals surface area contributed by atoms with E-state index in [1.165, 1.54) is 6.07 Å². The summed E-state index contributed by atoms with van der Waals surface area (Å²) in [6, 6.07) is 7.84. The molecule has 37 heavy (non-hydrogen) atoms. The zero-order valence-corrected chi connectivity index (χ0v) is 21.4. The Labute approximate surface area is 218 Å². The number of amides is 1. The Hall–Kier alpha value is -3.31. The number of aliphatic hydroxyl groups is 2. The van der Waals surface area contributed by atoms with Gasteiger partial charge in [-0.15, -0.1) is 0 Å². The van der Waals surface area contributed by atoms with E-state index in [4.69, 9.17) is 11.6 Å². The molecule has 194 valence electrons. The van der Waals surface area contributed by atoms with Crippen molar-refractivity contribution in [1.29, 1.82) is 0 Å². The highest BCUT2D eigenvalue weighted by Crippen LogP contribution is 2.38. The Kier molecular flexibility index (Phi) is 7.00. The molecule has 0 unspecified atom stereocenters. The van der Waals surface area contributed by atoms with Gasteiger partial charge in [0.05, 0.1) is 24.9 Å². The average Bonchev–Trinajstić information content (AvgIpc) is 3.41.